The highest BCUT2D eigenvalue weighted by atomic mass is 15.2. The summed E-state index contributed by atoms with van der Waals surface area (Å²) in [5.41, 5.74) is 9.49. The minimum atomic E-state index is 0.143. The van der Waals surface area contributed by atoms with E-state index in [1.807, 2.05) is 0 Å². The number of aryl methyl sites for hydroxylation is 1. The summed E-state index contributed by atoms with van der Waals surface area (Å²) in [4.78, 5) is 2.50. The molecule has 1 fully saturated rings. The predicted octanol–water partition coefficient (Wildman–Crippen LogP) is 3.37. The lowest BCUT2D eigenvalue weighted by Crippen LogP contribution is -2.31. The van der Waals surface area contributed by atoms with E-state index < -0.39 is 0 Å². The summed E-state index contributed by atoms with van der Waals surface area (Å²) in [6, 6.07) is 9.01. The fourth-order valence-corrected chi connectivity index (χ4v) is 2.98. The van der Waals surface area contributed by atoms with Crippen LogP contribution in [0.25, 0.3) is 0 Å². The molecule has 1 aliphatic rings. The molecule has 19 heavy (non-hydrogen) atoms. The van der Waals surface area contributed by atoms with Gasteiger partial charge in [0.25, 0.3) is 0 Å². The third-order valence-corrected chi connectivity index (χ3v) is 4.16. The van der Waals surface area contributed by atoms with Crippen LogP contribution in [0.1, 0.15) is 50.8 Å². The molecule has 0 bridgehead atoms. The molecule has 2 heteroatoms. The first-order chi connectivity index (χ1) is 9.00. The molecule has 2 nitrogen and oxygen atoms in total. The molecule has 1 aliphatic heterocycles. The Labute approximate surface area is 118 Å². The smallest absolute Gasteiger partial charge is 0.0424 e. The van der Waals surface area contributed by atoms with E-state index in [-0.39, 0.29) is 6.04 Å². The second-order valence-corrected chi connectivity index (χ2v) is 6.75. The first kappa shape index (κ1) is 14.5. The Morgan fingerprint density at radius 1 is 1.26 bits per heavy atom. The van der Waals surface area contributed by atoms with Gasteiger partial charge in [0.15, 0.2) is 0 Å². The zero-order chi connectivity index (χ0) is 13.9. The Balaban J connectivity index is 1.91. The van der Waals surface area contributed by atoms with Crippen molar-refractivity contribution < 1.29 is 0 Å². The summed E-state index contributed by atoms with van der Waals surface area (Å²) >= 11 is 0. The fourth-order valence-electron chi connectivity index (χ4n) is 2.98. The van der Waals surface area contributed by atoms with E-state index in [4.69, 9.17) is 5.73 Å². The topological polar surface area (TPSA) is 29.3 Å². The van der Waals surface area contributed by atoms with Gasteiger partial charge in [0.05, 0.1) is 0 Å². The van der Waals surface area contributed by atoms with Gasteiger partial charge in [-0.2, -0.15) is 0 Å². The van der Waals surface area contributed by atoms with Gasteiger partial charge < -0.3 is 10.6 Å². The highest BCUT2D eigenvalue weighted by molar-refractivity contribution is 5.25. The Kier molecular flexibility index (Phi) is 4.64. The van der Waals surface area contributed by atoms with Gasteiger partial charge in [-0.1, -0.05) is 51.5 Å². The molecular formula is C17H28N2. The maximum absolute atomic E-state index is 6.35. The van der Waals surface area contributed by atoms with Gasteiger partial charge in [-0.15, -0.1) is 0 Å². The summed E-state index contributed by atoms with van der Waals surface area (Å²) in [7, 11) is 0. The first-order valence-electron chi connectivity index (χ1n) is 7.57. The van der Waals surface area contributed by atoms with Crippen LogP contribution < -0.4 is 5.73 Å². The van der Waals surface area contributed by atoms with Crippen molar-refractivity contribution in [3.63, 3.8) is 0 Å². The molecule has 0 aromatic heterocycles. The van der Waals surface area contributed by atoms with Crippen molar-refractivity contribution in [3.8, 4) is 0 Å². The van der Waals surface area contributed by atoms with Gasteiger partial charge in [0.1, 0.15) is 0 Å². The van der Waals surface area contributed by atoms with Crippen LogP contribution in [0.4, 0.5) is 0 Å². The molecule has 0 saturated carbocycles. The third kappa shape index (κ3) is 4.05. The molecule has 1 heterocycles. The van der Waals surface area contributed by atoms with Crippen LogP contribution in [0.15, 0.2) is 24.3 Å². The number of nitrogens with two attached hydrogens (primary N) is 1. The molecular weight excluding hydrogens is 232 g/mol. The number of nitrogens with zero attached hydrogens (tertiary/aromatic N) is 1. The summed E-state index contributed by atoms with van der Waals surface area (Å²) in [5, 5.41) is 0. The van der Waals surface area contributed by atoms with E-state index in [2.05, 4.69) is 49.9 Å². The van der Waals surface area contributed by atoms with E-state index >= 15 is 0 Å². The van der Waals surface area contributed by atoms with E-state index in [1.165, 1.54) is 37.1 Å². The summed E-state index contributed by atoms with van der Waals surface area (Å²) in [6.45, 7) is 10.3. The second-order valence-electron chi connectivity index (χ2n) is 6.75. The lowest BCUT2D eigenvalue weighted by atomic mass is 9.93. The fraction of sp³-hybridized carbons (Fsp3) is 0.647. The van der Waals surface area contributed by atoms with Crippen molar-refractivity contribution in [2.75, 3.05) is 19.6 Å². The van der Waals surface area contributed by atoms with Crippen LogP contribution in [0.3, 0.4) is 0 Å². The molecule has 106 valence electrons. The number of hydrogen-bond acceptors (Lipinski definition) is 2. The number of hydrogen-bond donors (Lipinski definition) is 1. The highest BCUT2D eigenvalue weighted by Crippen LogP contribution is 2.29. The van der Waals surface area contributed by atoms with Gasteiger partial charge in [0, 0.05) is 19.1 Å². The van der Waals surface area contributed by atoms with E-state index in [1.54, 1.807) is 0 Å². The number of rotatable bonds is 5. The molecule has 2 N–H and O–H groups in total. The van der Waals surface area contributed by atoms with Crippen molar-refractivity contribution in [1.82, 2.24) is 4.90 Å². The van der Waals surface area contributed by atoms with Gasteiger partial charge in [-0.3, -0.25) is 0 Å². The highest BCUT2D eigenvalue weighted by Gasteiger charge is 2.29. The predicted molar refractivity (Wildman–Crippen MR) is 82.2 cm³/mol. The zero-order valence-corrected chi connectivity index (χ0v) is 12.7. The monoisotopic (exact) mass is 260 g/mol. The Morgan fingerprint density at radius 2 is 1.95 bits per heavy atom. The number of likely N-dealkylation sites (tertiary alicyclic amines) is 1. The Hall–Kier alpha value is -0.860. The third-order valence-electron chi connectivity index (χ3n) is 4.16. The van der Waals surface area contributed by atoms with Crippen molar-refractivity contribution in [2.45, 2.75) is 46.1 Å². The number of benzene rings is 1. The summed E-state index contributed by atoms with van der Waals surface area (Å²) in [5.74, 6) is 0. The molecule has 1 unspecified atom stereocenters. The SMILES string of the molecule is CCCc1ccc(C(N)CN2CCC(C)(C)C2)cc1. The van der Waals surface area contributed by atoms with Crippen LogP contribution in [0, 0.1) is 5.41 Å². The normalized spacial score (nSPS) is 20.6. The van der Waals surface area contributed by atoms with Crippen molar-refractivity contribution >= 4 is 0 Å². The van der Waals surface area contributed by atoms with E-state index in [0.717, 1.165) is 13.0 Å². The first-order valence-corrected chi connectivity index (χ1v) is 7.57. The minimum Gasteiger partial charge on any atom is -0.323 e. The van der Waals surface area contributed by atoms with Crippen molar-refractivity contribution in [1.29, 1.82) is 0 Å². The molecule has 0 amide bonds. The molecule has 0 radical (unpaired) electrons. The van der Waals surface area contributed by atoms with Crippen LogP contribution in [-0.2, 0) is 6.42 Å². The van der Waals surface area contributed by atoms with Crippen LogP contribution in [0.5, 0.6) is 0 Å². The molecule has 0 aliphatic carbocycles. The minimum absolute atomic E-state index is 0.143. The molecule has 1 atom stereocenters. The van der Waals surface area contributed by atoms with Crippen LogP contribution >= 0.6 is 0 Å². The van der Waals surface area contributed by atoms with Gasteiger partial charge in [-0.25, -0.2) is 0 Å². The van der Waals surface area contributed by atoms with Gasteiger partial charge >= 0.3 is 0 Å². The molecule has 0 spiro atoms. The van der Waals surface area contributed by atoms with Crippen LogP contribution in [0.2, 0.25) is 0 Å². The maximum atomic E-state index is 6.35. The average molecular weight is 260 g/mol. The average Bonchev–Trinajstić information content (AvgIpc) is 2.70. The zero-order valence-electron chi connectivity index (χ0n) is 12.7. The van der Waals surface area contributed by atoms with Crippen molar-refractivity contribution in [3.05, 3.63) is 35.4 Å². The van der Waals surface area contributed by atoms with E-state index in [9.17, 15) is 0 Å². The lowest BCUT2D eigenvalue weighted by molar-refractivity contribution is 0.276. The Morgan fingerprint density at radius 3 is 2.47 bits per heavy atom. The Bertz CT molecular complexity index is 394. The molecule has 2 rings (SSSR count). The molecule has 1 aromatic rings. The molecule has 1 saturated heterocycles. The van der Waals surface area contributed by atoms with Gasteiger partial charge in [0.2, 0.25) is 0 Å². The summed E-state index contributed by atoms with van der Waals surface area (Å²) < 4.78 is 0. The maximum Gasteiger partial charge on any atom is 0.0424 e. The van der Waals surface area contributed by atoms with E-state index in [0.29, 0.717) is 5.41 Å². The second kappa shape index (κ2) is 6.06. The van der Waals surface area contributed by atoms with Crippen LogP contribution in [-0.4, -0.2) is 24.5 Å². The largest absolute Gasteiger partial charge is 0.323 e. The van der Waals surface area contributed by atoms with Crippen molar-refractivity contribution in [2.24, 2.45) is 11.1 Å². The van der Waals surface area contributed by atoms with Gasteiger partial charge in [-0.05, 0) is 35.9 Å². The summed E-state index contributed by atoms with van der Waals surface area (Å²) in [6.07, 6.45) is 3.65. The molecule has 1 aromatic carbocycles. The standard InChI is InChI=1S/C17H28N2/c1-4-5-14-6-8-15(9-7-14)16(18)12-19-11-10-17(2,3)13-19/h6-9,16H,4-5,10-13,18H2,1-3H3. The lowest BCUT2D eigenvalue weighted by Gasteiger charge is -2.23. The quantitative estimate of drug-likeness (QED) is 0.879.